The SMILES string of the molecule is COc1cccc(SCC(=O)N2CCC(N3CCOCC3)CC2)c1. The van der Waals surface area contributed by atoms with Gasteiger partial charge in [-0.3, -0.25) is 9.69 Å². The Morgan fingerprint density at radius 1 is 1.25 bits per heavy atom. The summed E-state index contributed by atoms with van der Waals surface area (Å²) in [6.45, 7) is 5.50. The molecule has 0 aromatic heterocycles. The lowest BCUT2D eigenvalue weighted by Gasteiger charge is -2.40. The van der Waals surface area contributed by atoms with Gasteiger partial charge in [-0.05, 0) is 31.0 Å². The Bertz CT molecular complexity index is 541. The van der Waals surface area contributed by atoms with Crippen LogP contribution in [0.5, 0.6) is 5.75 Å². The molecule has 2 saturated heterocycles. The molecule has 0 spiro atoms. The summed E-state index contributed by atoms with van der Waals surface area (Å²) in [5.41, 5.74) is 0. The van der Waals surface area contributed by atoms with E-state index in [4.69, 9.17) is 9.47 Å². The third kappa shape index (κ3) is 4.65. The van der Waals surface area contributed by atoms with E-state index in [0.29, 0.717) is 11.8 Å². The number of nitrogens with zero attached hydrogens (tertiary/aromatic N) is 2. The lowest BCUT2D eigenvalue weighted by Crippen LogP contribution is -2.50. The van der Waals surface area contributed by atoms with Gasteiger partial charge in [0.2, 0.25) is 5.91 Å². The zero-order valence-electron chi connectivity index (χ0n) is 14.3. The largest absolute Gasteiger partial charge is 0.497 e. The maximum Gasteiger partial charge on any atom is 0.232 e. The van der Waals surface area contributed by atoms with Gasteiger partial charge >= 0.3 is 0 Å². The number of hydrogen-bond donors (Lipinski definition) is 0. The van der Waals surface area contributed by atoms with Crippen LogP contribution in [0.3, 0.4) is 0 Å². The van der Waals surface area contributed by atoms with Crippen LogP contribution < -0.4 is 4.74 Å². The van der Waals surface area contributed by atoms with Crippen LogP contribution in [0.1, 0.15) is 12.8 Å². The number of likely N-dealkylation sites (tertiary alicyclic amines) is 1. The molecule has 1 aromatic rings. The molecule has 0 saturated carbocycles. The molecule has 3 rings (SSSR count). The zero-order valence-corrected chi connectivity index (χ0v) is 15.1. The van der Waals surface area contributed by atoms with Crippen LogP contribution in [0.4, 0.5) is 0 Å². The van der Waals surface area contributed by atoms with Crippen molar-refractivity contribution in [3.8, 4) is 5.75 Å². The number of benzene rings is 1. The minimum absolute atomic E-state index is 0.239. The van der Waals surface area contributed by atoms with Crippen molar-refractivity contribution in [1.82, 2.24) is 9.80 Å². The minimum atomic E-state index is 0.239. The van der Waals surface area contributed by atoms with E-state index in [1.54, 1.807) is 18.9 Å². The average molecular weight is 350 g/mol. The molecule has 6 heteroatoms. The molecule has 0 atom stereocenters. The third-order valence-corrected chi connectivity index (χ3v) is 5.76. The van der Waals surface area contributed by atoms with E-state index < -0.39 is 0 Å². The van der Waals surface area contributed by atoms with Gasteiger partial charge in [-0.1, -0.05) is 6.07 Å². The number of carbonyl (C=O) groups excluding carboxylic acids is 1. The maximum absolute atomic E-state index is 12.4. The number of methoxy groups -OCH3 is 1. The van der Waals surface area contributed by atoms with E-state index in [2.05, 4.69) is 4.90 Å². The Morgan fingerprint density at radius 2 is 2.00 bits per heavy atom. The Kier molecular flexibility index (Phi) is 6.40. The fourth-order valence-corrected chi connectivity index (χ4v) is 4.20. The molecule has 2 aliphatic heterocycles. The Hall–Kier alpha value is -1.24. The summed E-state index contributed by atoms with van der Waals surface area (Å²) in [4.78, 5) is 18.1. The van der Waals surface area contributed by atoms with Crippen LogP contribution >= 0.6 is 11.8 Å². The first-order valence-electron chi connectivity index (χ1n) is 8.62. The van der Waals surface area contributed by atoms with Crippen molar-refractivity contribution in [3.63, 3.8) is 0 Å². The molecular formula is C18H26N2O3S. The summed E-state index contributed by atoms with van der Waals surface area (Å²) < 4.78 is 10.6. The first-order chi connectivity index (χ1) is 11.8. The first kappa shape index (κ1) is 17.6. The Morgan fingerprint density at radius 3 is 2.71 bits per heavy atom. The number of carbonyl (C=O) groups is 1. The molecule has 0 unspecified atom stereocenters. The van der Waals surface area contributed by atoms with E-state index in [1.807, 2.05) is 29.2 Å². The van der Waals surface area contributed by atoms with Crippen LogP contribution in [0.15, 0.2) is 29.2 Å². The number of morpholine rings is 1. The molecule has 2 heterocycles. The molecule has 0 N–H and O–H groups in total. The maximum atomic E-state index is 12.4. The summed E-state index contributed by atoms with van der Waals surface area (Å²) in [7, 11) is 1.66. The molecule has 0 bridgehead atoms. The molecule has 5 nitrogen and oxygen atoms in total. The van der Waals surface area contributed by atoms with Crippen LogP contribution in [-0.4, -0.2) is 74.0 Å². The average Bonchev–Trinajstić information content (AvgIpc) is 2.67. The fourth-order valence-electron chi connectivity index (χ4n) is 3.35. The number of piperidine rings is 1. The molecule has 0 aliphatic carbocycles. The number of ether oxygens (including phenoxy) is 2. The van der Waals surface area contributed by atoms with Crippen molar-refractivity contribution in [3.05, 3.63) is 24.3 Å². The van der Waals surface area contributed by atoms with Crippen molar-refractivity contribution in [2.24, 2.45) is 0 Å². The monoisotopic (exact) mass is 350 g/mol. The number of thioether (sulfide) groups is 1. The van der Waals surface area contributed by atoms with Gasteiger partial charge in [-0.2, -0.15) is 0 Å². The standard InChI is InChI=1S/C18H26N2O3S/c1-22-16-3-2-4-17(13-16)24-14-18(21)20-7-5-15(6-8-20)19-9-11-23-12-10-19/h2-4,13,15H,5-12,14H2,1H3. The highest BCUT2D eigenvalue weighted by atomic mass is 32.2. The Balaban J connectivity index is 1.43. The summed E-state index contributed by atoms with van der Waals surface area (Å²) in [5.74, 6) is 1.57. The van der Waals surface area contributed by atoms with Crippen molar-refractivity contribution in [2.75, 3.05) is 52.3 Å². The highest BCUT2D eigenvalue weighted by Crippen LogP contribution is 2.24. The Labute approximate surface area is 148 Å². The van der Waals surface area contributed by atoms with Crippen molar-refractivity contribution in [1.29, 1.82) is 0 Å². The molecular weight excluding hydrogens is 324 g/mol. The smallest absolute Gasteiger partial charge is 0.232 e. The van der Waals surface area contributed by atoms with E-state index in [1.165, 1.54) is 0 Å². The van der Waals surface area contributed by atoms with E-state index in [-0.39, 0.29) is 5.91 Å². The van der Waals surface area contributed by atoms with Crippen LogP contribution in [0, 0.1) is 0 Å². The summed E-state index contributed by atoms with van der Waals surface area (Å²) >= 11 is 1.58. The van der Waals surface area contributed by atoms with Gasteiger partial charge in [-0.15, -0.1) is 11.8 Å². The van der Waals surface area contributed by atoms with Crippen molar-refractivity contribution in [2.45, 2.75) is 23.8 Å². The van der Waals surface area contributed by atoms with Crippen molar-refractivity contribution >= 4 is 17.7 Å². The molecule has 2 aliphatic rings. The van der Waals surface area contributed by atoms with Gasteiger partial charge in [0.1, 0.15) is 5.75 Å². The van der Waals surface area contributed by atoms with Gasteiger partial charge in [0.25, 0.3) is 0 Å². The minimum Gasteiger partial charge on any atom is -0.497 e. The van der Waals surface area contributed by atoms with E-state index in [0.717, 1.165) is 62.9 Å². The molecule has 132 valence electrons. The van der Waals surface area contributed by atoms with E-state index in [9.17, 15) is 4.79 Å². The summed E-state index contributed by atoms with van der Waals surface area (Å²) in [6.07, 6.45) is 2.16. The number of rotatable bonds is 5. The summed E-state index contributed by atoms with van der Waals surface area (Å²) in [5, 5.41) is 0. The lowest BCUT2D eigenvalue weighted by molar-refractivity contribution is -0.130. The first-order valence-corrected chi connectivity index (χ1v) is 9.61. The molecule has 1 amide bonds. The van der Waals surface area contributed by atoms with Gasteiger partial charge in [0.15, 0.2) is 0 Å². The molecule has 0 radical (unpaired) electrons. The van der Waals surface area contributed by atoms with Crippen molar-refractivity contribution < 1.29 is 14.3 Å². The number of hydrogen-bond acceptors (Lipinski definition) is 5. The van der Waals surface area contributed by atoms with Gasteiger partial charge in [0, 0.05) is 37.1 Å². The second-order valence-electron chi connectivity index (χ2n) is 6.23. The second kappa shape index (κ2) is 8.74. The third-order valence-electron chi connectivity index (χ3n) is 4.78. The lowest BCUT2D eigenvalue weighted by atomic mass is 10.0. The molecule has 2 fully saturated rings. The van der Waals surface area contributed by atoms with Gasteiger partial charge in [0.05, 0.1) is 26.1 Å². The van der Waals surface area contributed by atoms with Gasteiger partial charge in [-0.25, -0.2) is 0 Å². The fraction of sp³-hybridized carbons (Fsp3) is 0.611. The molecule has 24 heavy (non-hydrogen) atoms. The summed E-state index contributed by atoms with van der Waals surface area (Å²) in [6, 6.07) is 8.49. The predicted molar refractivity (Wildman–Crippen MR) is 95.7 cm³/mol. The normalized spacial score (nSPS) is 20.1. The van der Waals surface area contributed by atoms with E-state index >= 15 is 0 Å². The quantitative estimate of drug-likeness (QED) is 0.761. The second-order valence-corrected chi connectivity index (χ2v) is 7.28. The predicted octanol–water partition coefficient (Wildman–Crippen LogP) is 2.11. The number of amides is 1. The topological polar surface area (TPSA) is 42.0 Å². The van der Waals surface area contributed by atoms with Crippen LogP contribution in [0.2, 0.25) is 0 Å². The van der Waals surface area contributed by atoms with Gasteiger partial charge < -0.3 is 14.4 Å². The highest BCUT2D eigenvalue weighted by molar-refractivity contribution is 8.00. The highest BCUT2D eigenvalue weighted by Gasteiger charge is 2.27. The van der Waals surface area contributed by atoms with Crippen LogP contribution in [-0.2, 0) is 9.53 Å². The zero-order chi connectivity index (χ0) is 16.8. The molecule has 1 aromatic carbocycles. The van der Waals surface area contributed by atoms with Crippen LogP contribution in [0.25, 0.3) is 0 Å².